The summed E-state index contributed by atoms with van der Waals surface area (Å²) in [5.74, 6) is 0.454. The molecule has 4 rings (SSSR count). The number of thiophene rings is 1. The van der Waals surface area contributed by atoms with Crippen LogP contribution in [0.4, 0.5) is 0 Å². The predicted octanol–water partition coefficient (Wildman–Crippen LogP) is 2.42. The van der Waals surface area contributed by atoms with Gasteiger partial charge in [-0.3, -0.25) is 4.90 Å². The summed E-state index contributed by atoms with van der Waals surface area (Å²) in [4.78, 5) is 2.59. The molecule has 1 atom stereocenters. The molecule has 146 valence electrons. The molecule has 0 bridgehead atoms. The van der Waals surface area contributed by atoms with Crippen LogP contribution < -0.4 is 4.74 Å². The van der Waals surface area contributed by atoms with Gasteiger partial charge in [0, 0.05) is 39.7 Å². The summed E-state index contributed by atoms with van der Waals surface area (Å²) in [6, 6.07) is 9.08. The first-order chi connectivity index (χ1) is 13.0. The second-order valence-corrected chi connectivity index (χ2v) is 9.84. The second kappa shape index (κ2) is 7.52. The average Bonchev–Trinajstić information content (AvgIpc) is 3.28. The van der Waals surface area contributed by atoms with Gasteiger partial charge in [-0.05, 0) is 34.5 Å². The summed E-state index contributed by atoms with van der Waals surface area (Å²) < 4.78 is 39.4. The topological polar surface area (TPSA) is 59.1 Å². The standard InChI is InChI=1S/C19H24N2O4S2/c1-24-10-9-21-15-19(7-8-20(14-19)12-16-6-11-26-13-16)25-17-4-2-3-5-18(17)27(21,22)23/h2-6,11,13H,7-10,12,14-15H2,1H3/t19-/m0/s1. The van der Waals surface area contributed by atoms with E-state index in [1.807, 2.05) is 6.07 Å². The Kier molecular flexibility index (Phi) is 5.26. The highest BCUT2D eigenvalue weighted by atomic mass is 32.2. The molecule has 0 amide bonds. The number of benzene rings is 1. The van der Waals surface area contributed by atoms with Crippen LogP contribution in [-0.4, -0.2) is 63.1 Å². The molecule has 1 saturated heterocycles. The lowest BCUT2D eigenvalue weighted by atomic mass is 10.0. The molecule has 6 nitrogen and oxygen atoms in total. The van der Waals surface area contributed by atoms with Crippen molar-refractivity contribution in [3.63, 3.8) is 0 Å². The molecule has 0 radical (unpaired) electrons. The van der Waals surface area contributed by atoms with E-state index in [0.29, 0.717) is 32.0 Å². The number of likely N-dealkylation sites (tertiary alicyclic amines) is 1. The van der Waals surface area contributed by atoms with Gasteiger partial charge in [0.1, 0.15) is 16.2 Å². The van der Waals surface area contributed by atoms with E-state index in [4.69, 9.17) is 9.47 Å². The highest BCUT2D eigenvalue weighted by Crippen LogP contribution is 2.38. The number of nitrogens with zero attached hydrogens (tertiary/aromatic N) is 2. The van der Waals surface area contributed by atoms with E-state index in [0.717, 1.165) is 19.5 Å². The monoisotopic (exact) mass is 408 g/mol. The third-order valence-electron chi connectivity index (χ3n) is 5.18. The van der Waals surface area contributed by atoms with Gasteiger partial charge in [0.2, 0.25) is 10.0 Å². The van der Waals surface area contributed by atoms with E-state index in [9.17, 15) is 8.42 Å². The summed E-state index contributed by atoms with van der Waals surface area (Å²) in [5, 5.41) is 4.24. The number of hydrogen-bond donors (Lipinski definition) is 0. The third kappa shape index (κ3) is 3.77. The minimum Gasteiger partial charge on any atom is -0.483 e. The zero-order chi connectivity index (χ0) is 18.9. The average molecular weight is 409 g/mol. The Hall–Kier alpha value is -1.45. The first kappa shape index (κ1) is 18.9. The zero-order valence-corrected chi connectivity index (χ0v) is 17.0. The molecule has 27 heavy (non-hydrogen) atoms. The van der Waals surface area contributed by atoms with Crippen molar-refractivity contribution in [2.24, 2.45) is 0 Å². The first-order valence-corrected chi connectivity index (χ1v) is 11.4. The molecule has 0 N–H and O–H groups in total. The molecule has 2 aliphatic heterocycles. The van der Waals surface area contributed by atoms with Crippen LogP contribution in [0.1, 0.15) is 12.0 Å². The van der Waals surface area contributed by atoms with Crippen molar-refractivity contribution in [2.45, 2.75) is 23.5 Å². The zero-order valence-electron chi connectivity index (χ0n) is 15.3. The Morgan fingerprint density at radius 1 is 1.26 bits per heavy atom. The molecule has 1 spiro atoms. The van der Waals surface area contributed by atoms with E-state index in [1.165, 1.54) is 9.87 Å². The summed E-state index contributed by atoms with van der Waals surface area (Å²) in [7, 11) is -2.02. The van der Waals surface area contributed by atoms with Gasteiger partial charge in [-0.25, -0.2) is 8.42 Å². The maximum atomic E-state index is 13.2. The van der Waals surface area contributed by atoms with Gasteiger partial charge in [-0.2, -0.15) is 15.6 Å². The summed E-state index contributed by atoms with van der Waals surface area (Å²) in [6.45, 7) is 3.47. The van der Waals surface area contributed by atoms with Crippen LogP contribution in [0.25, 0.3) is 0 Å². The van der Waals surface area contributed by atoms with E-state index < -0.39 is 15.6 Å². The fourth-order valence-corrected chi connectivity index (χ4v) is 6.14. The number of para-hydroxylation sites is 1. The lowest BCUT2D eigenvalue weighted by Crippen LogP contribution is -2.49. The van der Waals surface area contributed by atoms with Crippen molar-refractivity contribution in [2.75, 3.05) is 39.9 Å². The van der Waals surface area contributed by atoms with Crippen LogP contribution in [0, 0.1) is 0 Å². The fourth-order valence-electron chi connectivity index (χ4n) is 3.87. The van der Waals surface area contributed by atoms with Gasteiger partial charge in [0.05, 0.1) is 13.2 Å². The number of hydrogen-bond acceptors (Lipinski definition) is 6. The van der Waals surface area contributed by atoms with Gasteiger partial charge in [-0.15, -0.1) is 0 Å². The number of sulfonamides is 1. The van der Waals surface area contributed by atoms with E-state index in [1.54, 1.807) is 36.6 Å². The molecular weight excluding hydrogens is 384 g/mol. The van der Waals surface area contributed by atoms with Crippen molar-refractivity contribution in [3.8, 4) is 5.75 Å². The van der Waals surface area contributed by atoms with Crippen LogP contribution in [0.5, 0.6) is 5.75 Å². The highest BCUT2D eigenvalue weighted by Gasteiger charge is 2.47. The van der Waals surface area contributed by atoms with Crippen molar-refractivity contribution in [3.05, 3.63) is 46.7 Å². The molecule has 0 aliphatic carbocycles. The summed E-state index contributed by atoms with van der Waals surface area (Å²) in [5.41, 5.74) is 0.749. The lowest BCUT2D eigenvalue weighted by Gasteiger charge is -2.32. The molecule has 2 aliphatic rings. The van der Waals surface area contributed by atoms with Crippen LogP contribution in [0.2, 0.25) is 0 Å². The molecule has 1 aromatic carbocycles. The molecule has 3 heterocycles. The molecule has 1 fully saturated rings. The first-order valence-electron chi connectivity index (χ1n) is 9.03. The smallest absolute Gasteiger partial charge is 0.246 e. The molecule has 0 saturated carbocycles. The van der Waals surface area contributed by atoms with E-state index in [-0.39, 0.29) is 4.90 Å². The minimum atomic E-state index is -3.61. The lowest BCUT2D eigenvalue weighted by molar-refractivity contribution is 0.0533. The maximum Gasteiger partial charge on any atom is 0.246 e. The van der Waals surface area contributed by atoms with Gasteiger partial charge in [0.25, 0.3) is 0 Å². The summed E-state index contributed by atoms with van der Waals surface area (Å²) in [6.07, 6.45) is 0.796. The normalized spacial score (nSPS) is 25.2. The van der Waals surface area contributed by atoms with Crippen LogP contribution in [0.15, 0.2) is 46.0 Å². The summed E-state index contributed by atoms with van der Waals surface area (Å²) >= 11 is 1.69. The van der Waals surface area contributed by atoms with Crippen molar-refractivity contribution in [1.29, 1.82) is 0 Å². The van der Waals surface area contributed by atoms with E-state index in [2.05, 4.69) is 21.7 Å². The number of ether oxygens (including phenoxy) is 2. The number of rotatable bonds is 5. The van der Waals surface area contributed by atoms with Gasteiger partial charge in [0.15, 0.2) is 0 Å². The Labute approximate surface area is 164 Å². The highest BCUT2D eigenvalue weighted by molar-refractivity contribution is 7.89. The molecule has 1 aromatic heterocycles. The maximum absolute atomic E-state index is 13.2. The van der Waals surface area contributed by atoms with Gasteiger partial charge < -0.3 is 9.47 Å². The van der Waals surface area contributed by atoms with Crippen LogP contribution in [-0.2, 0) is 21.3 Å². The Bertz CT molecular complexity index is 885. The largest absolute Gasteiger partial charge is 0.483 e. The fraction of sp³-hybridized carbons (Fsp3) is 0.474. The minimum absolute atomic E-state index is 0.245. The van der Waals surface area contributed by atoms with E-state index >= 15 is 0 Å². The van der Waals surface area contributed by atoms with Crippen molar-refractivity contribution in [1.82, 2.24) is 9.21 Å². The van der Waals surface area contributed by atoms with Crippen LogP contribution >= 0.6 is 11.3 Å². The molecule has 8 heteroatoms. The van der Waals surface area contributed by atoms with Gasteiger partial charge >= 0.3 is 0 Å². The molecule has 2 aromatic rings. The molecule has 0 unspecified atom stereocenters. The second-order valence-electron chi connectivity index (χ2n) is 7.16. The van der Waals surface area contributed by atoms with Crippen molar-refractivity contribution >= 4 is 21.4 Å². The Morgan fingerprint density at radius 2 is 2.11 bits per heavy atom. The third-order valence-corrected chi connectivity index (χ3v) is 7.80. The predicted molar refractivity (Wildman–Crippen MR) is 105 cm³/mol. The quantitative estimate of drug-likeness (QED) is 0.761. The SMILES string of the molecule is COCCN1C[C@@]2(CCN(Cc3ccsc3)C2)Oc2ccccc2S1(=O)=O. The Morgan fingerprint density at radius 3 is 2.89 bits per heavy atom. The van der Waals surface area contributed by atoms with Gasteiger partial charge in [-0.1, -0.05) is 12.1 Å². The van der Waals surface area contributed by atoms with Crippen LogP contribution in [0.3, 0.4) is 0 Å². The molecular formula is C19H24N2O4S2. The Balaban J connectivity index is 1.64. The van der Waals surface area contributed by atoms with Crippen molar-refractivity contribution < 1.29 is 17.9 Å². The number of methoxy groups -OCH3 is 1. The number of fused-ring (bicyclic) bond motifs is 1.